The second kappa shape index (κ2) is 5.92. The Labute approximate surface area is 138 Å². The van der Waals surface area contributed by atoms with Gasteiger partial charge in [0.1, 0.15) is 0 Å². The van der Waals surface area contributed by atoms with Crippen molar-refractivity contribution in [3.05, 3.63) is 57.3 Å². The number of aryl methyl sites for hydroxylation is 1. The molecule has 7 nitrogen and oxygen atoms in total. The van der Waals surface area contributed by atoms with Gasteiger partial charge in [-0.3, -0.25) is 14.4 Å². The van der Waals surface area contributed by atoms with Crippen LogP contribution in [-0.2, 0) is 24.8 Å². The molecule has 0 saturated carbocycles. The molecule has 1 aliphatic rings. The number of carbonyl (C=O) groups excluding carboxylic acids is 2. The molecule has 0 atom stereocenters. The lowest BCUT2D eigenvalue weighted by Crippen LogP contribution is -2.24. The minimum Gasteiger partial charge on any atom is -0.337 e. The van der Waals surface area contributed by atoms with Crippen LogP contribution in [0.1, 0.15) is 27.2 Å². The zero-order chi connectivity index (χ0) is 17.4. The first kappa shape index (κ1) is 15.9. The van der Waals surface area contributed by atoms with Gasteiger partial charge in [0.25, 0.3) is 11.5 Å². The summed E-state index contributed by atoms with van der Waals surface area (Å²) in [6.45, 7) is 2.24. The fourth-order valence-corrected chi connectivity index (χ4v) is 2.75. The van der Waals surface area contributed by atoms with Gasteiger partial charge < -0.3 is 14.8 Å². The topological polar surface area (TPSA) is 84.3 Å². The van der Waals surface area contributed by atoms with Crippen molar-refractivity contribution in [3.63, 3.8) is 0 Å². The van der Waals surface area contributed by atoms with Crippen molar-refractivity contribution in [2.24, 2.45) is 7.05 Å². The number of fused-ring (bicyclic) bond motifs is 1. The van der Waals surface area contributed by atoms with Crippen LogP contribution in [0.15, 0.2) is 29.3 Å². The normalized spacial score (nSPS) is 13.1. The van der Waals surface area contributed by atoms with Crippen molar-refractivity contribution in [1.82, 2.24) is 14.5 Å². The lowest BCUT2D eigenvalue weighted by molar-refractivity contribution is -0.115. The number of carbonyl (C=O) groups is 2. The number of hydrogen-bond donors (Lipinski definition) is 1. The molecule has 2 heterocycles. The first-order valence-electron chi connectivity index (χ1n) is 7.56. The Morgan fingerprint density at radius 2 is 2.04 bits per heavy atom. The molecule has 0 fully saturated rings. The van der Waals surface area contributed by atoms with E-state index in [4.69, 9.17) is 0 Å². The Morgan fingerprint density at radius 3 is 2.79 bits per heavy atom. The summed E-state index contributed by atoms with van der Waals surface area (Å²) in [5.74, 6) is -0.331. The fraction of sp³-hybridized carbons (Fsp3) is 0.294. The van der Waals surface area contributed by atoms with Crippen molar-refractivity contribution in [2.75, 3.05) is 12.4 Å². The number of rotatable bonds is 3. The van der Waals surface area contributed by atoms with Crippen molar-refractivity contribution in [3.8, 4) is 0 Å². The van der Waals surface area contributed by atoms with Gasteiger partial charge in [-0.05, 0) is 24.6 Å². The van der Waals surface area contributed by atoms with E-state index in [0.717, 1.165) is 5.56 Å². The molecule has 1 aliphatic heterocycles. The highest BCUT2D eigenvalue weighted by atomic mass is 16.2. The molecule has 0 bridgehead atoms. The minimum absolute atomic E-state index is 0.00679. The lowest BCUT2D eigenvalue weighted by atomic mass is 10.1. The van der Waals surface area contributed by atoms with Crippen LogP contribution in [-0.4, -0.2) is 33.3 Å². The average molecular weight is 326 g/mol. The fourth-order valence-electron chi connectivity index (χ4n) is 2.75. The van der Waals surface area contributed by atoms with Gasteiger partial charge in [-0.1, -0.05) is 6.07 Å². The van der Waals surface area contributed by atoms with E-state index in [-0.39, 0.29) is 23.8 Å². The quantitative estimate of drug-likeness (QED) is 0.906. The van der Waals surface area contributed by atoms with E-state index in [1.54, 1.807) is 38.1 Å². The van der Waals surface area contributed by atoms with E-state index < -0.39 is 0 Å². The maximum absolute atomic E-state index is 12.2. The van der Waals surface area contributed by atoms with Crippen LogP contribution in [0.4, 0.5) is 5.69 Å². The highest BCUT2D eigenvalue weighted by molar-refractivity contribution is 6.00. The second-order valence-corrected chi connectivity index (χ2v) is 5.99. The number of aromatic nitrogens is 2. The molecule has 2 aromatic rings. The Hall–Kier alpha value is -2.96. The van der Waals surface area contributed by atoms with Crippen LogP contribution in [0, 0.1) is 6.92 Å². The SMILES string of the molecule is Cc1c(CC(=O)Nc2ccc3c(c2)C(=O)N(C)C3)ncn(C)c1=O. The average Bonchev–Trinajstić information content (AvgIpc) is 2.83. The largest absolute Gasteiger partial charge is 0.337 e. The number of anilines is 1. The molecule has 0 aliphatic carbocycles. The third kappa shape index (κ3) is 2.80. The van der Waals surface area contributed by atoms with Crippen molar-refractivity contribution < 1.29 is 9.59 Å². The van der Waals surface area contributed by atoms with Gasteiger partial charge in [-0.25, -0.2) is 4.98 Å². The smallest absolute Gasteiger partial charge is 0.256 e. The number of benzene rings is 1. The third-order valence-corrected chi connectivity index (χ3v) is 4.17. The summed E-state index contributed by atoms with van der Waals surface area (Å²) in [6, 6.07) is 5.30. The summed E-state index contributed by atoms with van der Waals surface area (Å²) >= 11 is 0. The number of amides is 2. The van der Waals surface area contributed by atoms with Crippen LogP contribution in [0.5, 0.6) is 0 Å². The van der Waals surface area contributed by atoms with Gasteiger partial charge in [-0.15, -0.1) is 0 Å². The summed E-state index contributed by atoms with van der Waals surface area (Å²) in [7, 11) is 3.36. The molecule has 1 aromatic heterocycles. The van der Waals surface area contributed by atoms with E-state index in [1.165, 1.54) is 10.9 Å². The summed E-state index contributed by atoms with van der Waals surface area (Å²) in [6.07, 6.45) is 1.41. The minimum atomic E-state index is -0.280. The highest BCUT2D eigenvalue weighted by Crippen LogP contribution is 2.24. The molecule has 0 radical (unpaired) electrons. The van der Waals surface area contributed by atoms with E-state index in [2.05, 4.69) is 10.3 Å². The van der Waals surface area contributed by atoms with E-state index in [9.17, 15) is 14.4 Å². The highest BCUT2D eigenvalue weighted by Gasteiger charge is 2.24. The number of hydrogen-bond acceptors (Lipinski definition) is 4. The second-order valence-electron chi connectivity index (χ2n) is 5.99. The Balaban J connectivity index is 1.76. The van der Waals surface area contributed by atoms with Gasteiger partial charge in [0.05, 0.1) is 18.4 Å². The van der Waals surface area contributed by atoms with Crippen molar-refractivity contribution in [1.29, 1.82) is 0 Å². The van der Waals surface area contributed by atoms with Gasteiger partial charge in [0.15, 0.2) is 0 Å². The molecule has 3 rings (SSSR count). The lowest BCUT2D eigenvalue weighted by Gasteiger charge is -2.08. The monoisotopic (exact) mass is 326 g/mol. The molecule has 124 valence electrons. The molecule has 24 heavy (non-hydrogen) atoms. The van der Waals surface area contributed by atoms with Crippen molar-refractivity contribution >= 4 is 17.5 Å². The van der Waals surface area contributed by atoms with Crippen LogP contribution in [0.25, 0.3) is 0 Å². The number of nitrogens with one attached hydrogen (secondary N) is 1. The van der Waals surface area contributed by atoms with Crippen LogP contribution in [0.3, 0.4) is 0 Å². The Kier molecular flexibility index (Phi) is 3.92. The molecule has 1 aromatic carbocycles. The Morgan fingerprint density at radius 1 is 1.29 bits per heavy atom. The number of nitrogens with zero attached hydrogens (tertiary/aromatic N) is 3. The first-order valence-corrected chi connectivity index (χ1v) is 7.56. The molecule has 2 amide bonds. The Bertz CT molecular complexity index is 901. The molecule has 0 spiro atoms. The molecule has 0 unspecified atom stereocenters. The first-order chi connectivity index (χ1) is 11.4. The predicted octanol–water partition coefficient (Wildman–Crippen LogP) is 0.856. The maximum atomic E-state index is 12.2. The molecule has 1 N–H and O–H groups in total. The van der Waals surface area contributed by atoms with Gasteiger partial charge in [-0.2, -0.15) is 0 Å². The van der Waals surface area contributed by atoms with E-state index in [1.807, 2.05) is 6.07 Å². The zero-order valence-corrected chi connectivity index (χ0v) is 13.8. The van der Waals surface area contributed by atoms with E-state index in [0.29, 0.717) is 29.1 Å². The van der Waals surface area contributed by atoms with Crippen LogP contribution < -0.4 is 10.9 Å². The summed E-state index contributed by atoms with van der Waals surface area (Å²) in [5.41, 5.74) is 2.86. The van der Waals surface area contributed by atoms with E-state index >= 15 is 0 Å². The molecule has 7 heteroatoms. The van der Waals surface area contributed by atoms with Gasteiger partial charge in [0.2, 0.25) is 5.91 Å². The van der Waals surface area contributed by atoms with Crippen LogP contribution >= 0.6 is 0 Å². The maximum Gasteiger partial charge on any atom is 0.256 e. The molecule has 0 saturated heterocycles. The standard InChI is InChI=1S/C17H18N4O3/c1-10-14(18-9-21(3)16(10)23)7-15(22)19-12-5-4-11-8-20(2)17(24)13(11)6-12/h4-6,9H,7-8H2,1-3H3,(H,19,22). The van der Waals surface area contributed by atoms with Crippen molar-refractivity contribution in [2.45, 2.75) is 19.9 Å². The summed E-state index contributed by atoms with van der Waals surface area (Å²) in [5, 5.41) is 2.76. The molecular weight excluding hydrogens is 308 g/mol. The molecular formula is C17H18N4O3. The summed E-state index contributed by atoms with van der Waals surface area (Å²) in [4.78, 5) is 41.9. The van der Waals surface area contributed by atoms with Crippen LogP contribution in [0.2, 0.25) is 0 Å². The summed E-state index contributed by atoms with van der Waals surface area (Å²) < 4.78 is 1.37. The van der Waals surface area contributed by atoms with Gasteiger partial charge >= 0.3 is 0 Å². The van der Waals surface area contributed by atoms with Gasteiger partial charge in [0, 0.05) is 37.5 Å². The third-order valence-electron chi connectivity index (χ3n) is 4.17. The predicted molar refractivity (Wildman–Crippen MR) is 88.8 cm³/mol. The zero-order valence-electron chi connectivity index (χ0n) is 13.8.